The lowest BCUT2D eigenvalue weighted by Crippen LogP contribution is -2.14. The SMILES string of the molecule is O=C(Nc1oc(-c2ccccc2)nc1-c1ccccc1)c1cccc(C(F)(F)F)c1. The highest BCUT2D eigenvalue weighted by molar-refractivity contribution is 6.05. The standard InChI is InChI=1S/C23H15F3N2O2/c24-23(25,26)18-13-7-12-17(14-18)20(29)28-22-19(15-8-3-1-4-9-15)27-21(30-22)16-10-5-2-6-11-16/h1-14H,(H,28,29). The molecule has 0 atom stereocenters. The fraction of sp³-hybridized carbons (Fsp3) is 0.0435. The lowest BCUT2D eigenvalue weighted by atomic mass is 10.1. The highest BCUT2D eigenvalue weighted by Crippen LogP contribution is 2.34. The zero-order valence-electron chi connectivity index (χ0n) is 15.5. The third kappa shape index (κ3) is 4.10. The molecule has 0 radical (unpaired) electrons. The van der Waals surface area contributed by atoms with Crippen molar-refractivity contribution < 1.29 is 22.4 Å². The predicted molar refractivity (Wildman–Crippen MR) is 107 cm³/mol. The Bertz CT molecular complexity index is 1170. The molecule has 0 bridgehead atoms. The maximum atomic E-state index is 13.0. The summed E-state index contributed by atoms with van der Waals surface area (Å²) in [5.74, 6) is -0.384. The van der Waals surface area contributed by atoms with Gasteiger partial charge in [0.1, 0.15) is 5.69 Å². The maximum Gasteiger partial charge on any atom is 0.416 e. The molecule has 150 valence electrons. The van der Waals surface area contributed by atoms with E-state index >= 15 is 0 Å². The summed E-state index contributed by atoms with van der Waals surface area (Å²) in [4.78, 5) is 17.1. The molecule has 0 spiro atoms. The molecule has 0 saturated heterocycles. The number of nitrogens with zero attached hydrogens (tertiary/aromatic N) is 1. The monoisotopic (exact) mass is 408 g/mol. The molecule has 3 aromatic carbocycles. The Labute approximate surface area is 170 Å². The molecule has 4 nitrogen and oxygen atoms in total. The average Bonchev–Trinajstić information content (AvgIpc) is 3.18. The van der Waals surface area contributed by atoms with E-state index in [-0.39, 0.29) is 17.3 Å². The van der Waals surface area contributed by atoms with Gasteiger partial charge in [0, 0.05) is 16.7 Å². The lowest BCUT2D eigenvalue weighted by molar-refractivity contribution is -0.137. The van der Waals surface area contributed by atoms with Crippen LogP contribution in [0.15, 0.2) is 89.3 Å². The van der Waals surface area contributed by atoms with Crippen LogP contribution < -0.4 is 5.32 Å². The summed E-state index contributed by atoms with van der Waals surface area (Å²) in [5.41, 5.74) is 0.745. The van der Waals surface area contributed by atoms with Crippen molar-refractivity contribution in [1.82, 2.24) is 4.98 Å². The number of alkyl halides is 3. The summed E-state index contributed by atoms with van der Waals surface area (Å²) in [6, 6.07) is 22.4. The van der Waals surface area contributed by atoms with Gasteiger partial charge in [0.25, 0.3) is 5.91 Å². The number of hydrogen-bond acceptors (Lipinski definition) is 3. The molecular weight excluding hydrogens is 393 g/mol. The van der Waals surface area contributed by atoms with Crippen LogP contribution in [0.5, 0.6) is 0 Å². The number of anilines is 1. The number of benzene rings is 3. The summed E-state index contributed by atoms with van der Waals surface area (Å²) in [6.45, 7) is 0. The highest BCUT2D eigenvalue weighted by Gasteiger charge is 2.31. The number of aromatic nitrogens is 1. The Balaban J connectivity index is 1.71. The first kappa shape index (κ1) is 19.4. The van der Waals surface area contributed by atoms with Crippen LogP contribution in [0.4, 0.5) is 19.1 Å². The molecule has 0 aliphatic heterocycles. The van der Waals surface area contributed by atoms with E-state index in [4.69, 9.17) is 4.42 Å². The number of nitrogens with one attached hydrogen (secondary N) is 1. The number of halogens is 3. The van der Waals surface area contributed by atoms with Crippen molar-refractivity contribution in [2.75, 3.05) is 5.32 Å². The van der Waals surface area contributed by atoms with E-state index in [1.165, 1.54) is 12.1 Å². The summed E-state index contributed by atoms with van der Waals surface area (Å²) in [6.07, 6.45) is -4.54. The zero-order valence-corrected chi connectivity index (χ0v) is 15.5. The Morgan fingerprint density at radius 3 is 2.10 bits per heavy atom. The second-order valence-electron chi connectivity index (χ2n) is 6.46. The zero-order chi connectivity index (χ0) is 21.1. The summed E-state index contributed by atoms with van der Waals surface area (Å²) in [5, 5.41) is 2.56. The number of carbonyl (C=O) groups excluding carboxylic acids is 1. The smallest absolute Gasteiger partial charge is 0.416 e. The van der Waals surface area contributed by atoms with Crippen molar-refractivity contribution in [1.29, 1.82) is 0 Å². The minimum Gasteiger partial charge on any atom is -0.420 e. The molecule has 1 heterocycles. The third-order valence-electron chi connectivity index (χ3n) is 4.37. The fourth-order valence-corrected chi connectivity index (χ4v) is 2.91. The van der Waals surface area contributed by atoms with Crippen molar-refractivity contribution in [2.45, 2.75) is 6.18 Å². The van der Waals surface area contributed by atoms with Crippen molar-refractivity contribution in [3.63, 3.8) is 0 Å². The molecule has 1 amide bonds. The summed E-state index contributed by atoms with van der Waals surface area (Å²) in [7, 11) is 0. The van der Waals surface area contributed by atoms with E-state index in [2.05, 4.69) is 10.3 Å². The van der Waals surface area contributed by atoms with Crippen LogP contribution in [0.2, 0.25) is 0 Å². The van der Waals surface area contributed by atoms with Crippen molar-refractivity contribution in [3.05, 3.63) is 96.1 Å². The molecule has 4 aromatic rings. The van der Waals surface area contributed by atoms with Crippen LogP contribution >= 0.6 is 0 Å². The molecule has 0 aliphatic carbocycles. The minimum atomic E-state index is -4.54. The van der Waals surface area contributed by atoms with Crippen LogP contribution in [0, 0.1) is 0 Å². The number of amides is 1. The Morgan fingerprint density at radius 2 is 1.47 bits per heavy atom. The molecule has 4 rings (SSSR count). The van der Waals surface area contributed by atoms with Crippen molar-refractivity contribution in [2.24, 2.45) is 0 Å². The second kappa shape index (κ2) is 7.87. The second-order valence-corrected chi connectivity index (χ2v) is 6.46. The lowest BCUT2D eigenvalue weighted by Gasteiger charge is -2.09. The molecule has 0 aliphatic rings. The average molecular weight is 408 g/mol. The van der Waals surface area contributed by atoms with Gasteiger partial charge < -0.3 is 4.42 Å². The van der Waals surface area contributed by atoms with Crippen molar-refractivity contribution >= 4 is 11.8 Å². The van der Waals surface area contributed by atoms with Gasteiger partial charge in [-0.2, -0.15) is 13.2 Å². The molecular formula is C23H15F3N2O2. The first-order valence-corrected chi connectivity index (χ1v) is 9.02. The van der Waals surface area contributed by atoms with Crippen LogP contribution in [-0.4, -0.2) is 10.9 Å². The number of carbonyl (C=O) groups is 1. The van der Waals surface area contributed by atoms with Gasteiger partial charge in [0.15, 0.2) is 0 Å². The third-order valence-corrected chi connectivity index (χ3v) is 4.37. The van der Waals surface area contributed by atoms with Gasteiger partial charge in [-0.05, 0) is 30.3 Å². The van der Waals surface area contributed by atoms with Gasteiger partial charge >= 0.3 is 6.18 Å². The molecule has 0 saturated carbocycles. The van der Waals surface area contributed by atoms with Gasteiger partial charge in [-0.25, -0.2) is 4.98 Å². The first-order chi connectivity index (χ1) is 14.4. The van der Waals surface area contributed by atoms with E-state index in [0.717, 1.165) is 12.1 Å². The normalized spacial score (nSPS) is 11.3. The Hall–Kier alpha value is -3.87. The van der Waals surface area contributed by atoms with Gasteiger partial charge in [-0.3, -0.25) is 10.1 Å². The molecule has 7 heteroatoms. The van der Waals surface area contributed by atoms with E-state index in [1.54, 1.807) is 24.3 Å². The molecule has 0 unspecified atom stereocenters. The highest BCUT2D eigenvalue weighted by atomic mass is 19.4. The van der Waals surface area contributed by atoms with Gasteiger partial charge in [-0.15, -0.1) is 0 Å². The number of hydrogen-bond donors (Lipinski definition) is 1. The van der Waals surface area contributed by atoms with Crippen LogP contribution in [-0.2, 0) is 6.18 Å². The van der Waals surface area contributed by atoms with Gasteiger partial charge in [0.2, 0.25) is 11.8 Å². The fourth-order valence-electron chi connectivity index (χ4n) is 2.91. The summed E-state index contributed by atoms with van der Waals surface area (Å²) >= 11 is 0. The van der Waals surface area contributed by atoms with E-state index in [1.807, 2.05) is 36.4 Å². The first-order valence-electron chi connectivity index (χ1n) is 9.02. The van der Waals surface area contributed by atoms with E-state index < -0.39 is 17.6 Å². The molecule has 30 heavy (non-hydrogen) atoms. The van der Waals surface area contributed by atoms with E-state index in [9.17, 15) is 18.0 Å². The number of rotatable bonds is 4. The van der Waals surface area contributed by atoms with Crippen LogP contribution in [0.1, 0.15) is 15.9 Å². The maximum absolute atomic E-state index is 13.0. The quantitative estimate of drug-likeness (QED) is 0.432. The minimum absolute atomic E-state index is 0.0578. The topological polar surface area (TPSA) is 55.1 Å². The largest absolute Gasteiger partial charge is 0.420 e. The Morgan fingerprint density at radius 1 is 0.833 bits per heavy atom. The molecule has 1 aromatic heterocycles. The van der Waals surface area contributed by atoms with Gasteiger partial charge in [-0.1, -0.05) is 54.6 Å². The van der Waals surface area contributed by atoms with Crippen LogP contribution in [0.3, 0.4) is 0 Å². The van der Waals surface area contributed by atoms with E-state index in [0.29, 0.717) is 16.8 Å². The van der Waals surface area contributed by atoms with Gasteiger partial charge in [0.05, 0.1) is 5.56 Å². The van der Waals surface area contributed by atoms with Crippen LogP contribution in [0.25, 0.3) is 22.7 Å². The molecule has 0 fully saturated rings. The number of oxazole rings is 1. The van der Waals surface area contributed by atoms with Crippen molar-refractivity contribution in [3.8, 4) is 22.7 Å². The summed E-state index contributed by atoms with van der Waals surface area (Å²) < 4.78 is 44.7. The predicted octanol–water partition coefficient (Wildman–Crippen LogP) is 6.28. The Kier molecular flexibility index (Phi) is 5.10. The molecule has 1 N–H and O–H groups in total.